The number of nitrogens with one attached hydrogen (secondary N) is 4. The summed E-state index contributed by atoms with van der Waals surface area (Å²) in [4.78, 5) is 34.7. The number of hydrogen-bond donors (Lipinski definition) is 5. The Morgan fingerprint density at radius 2 is 2.35 bits per heavy atom. The molecule has 1 aromatic rings. The Hall–Kier alpha value is -2.42. The quantitative estimate of drug-likeness (QED) is 0.234. The number of carbonyl (C=O) groups excluding carboxylic acids is 3. The van der Waals surface area contributed by atoms with Crippen LogP contribution in [0.15, 0.2) is 12.3 Å². The van der Waals surface area contributed by atoms with Crippen LogP contribution in [0.25, 0.3) is 0 Å². The van der Waals surface area contributed by atoms with Crippen LogP contribution in [0.3, 0.4) is 0 Å². The van der Waals surface area contributed by atoms with Crippen LogP contribution in [0.5, 0.6) is 0 Å². The molecule has 1 saturated heterocycles. The van der Waals surface area contributed by atoms with Gasteiger partial charge < -0.3 is 10.6 Å². The lowest BCUT2D eigenvalue weighted by Gasteiger charge is -2.18. The lowest BCUT2D eigenvalue weighted by molar-refractivity contribution is -0.130. The van der Waals surface area contributed by atoms with Crippen LogP contribution in [0.2, 0.25) is 0 Å². The summed E-state index contributed by atoms with van der Waals surface area (Å²) >= 11 is 0. The van der Waals surface area contributed by atoms with E-state index in [1.807, 2.05) is 5.43 Å². The summed E-state index contributed by atoms with van der Waals surface area (Å²) in [6.45, 7) is 0. The van der Waals surface area contributed by atoms with Gasteiger partial charge in [-0.05, 0) is 12.5 Å². The molecule has 1 fully saturated rings. The molecule has 0 bridgehead atoms. The number of hydrogen-bond acceptors (Lipinski definition) is 5. The van der Waals surface area contributed by atoms with Crippen molar-refractivity contribution in [2.45, 2.75) is 31.3 Å². The molecule has 1 aliphatic heterocycles. The summed E-state index contributed by atoms with van der Waals surface area (Å²) < 4.78 is 0. The number of amides is 3. The van der Waals surface area contributed by atoms with Crippen molar-refractivity contribution in [2.24, 2.45) is 5.84 Å². The van der Waals surface area contributed by atoms with Gasteiger partial charge in [-0.1, -0.05) is 0 Å². The van der Waals surface area contributed by atoms with E-state index in [9.17, 15) is 14.4 Å². The second-order valence-electron chi connectivity index (χ2n) is 4.51. The van der Waals surface area contributed by atoms with Crippen LogP contribution in [0.4, 0.5) is 0 Å². The van der Waals surface area contributed by atoms with Gasteiger partial charge in [0.25, 0.3) is 5.91 Å². The van der Waals surface area contributed by atoms with Gasteiger partial charge in [-0.3, -0.25) is 24.9 Å². The number of rotatable bonds is 5. The second-order valence-corrected chi connectivity index (χ2v) is 4.51. The monoisotopic (exact) mass is 280 g/mol. The van der Waals surface area contributed by atoms with Crippen LogP contribution in [-0.2, 0) is 20.8 Å². The first-order valence-electron chi connectivity index (χ1n) is 6.18. The summed E-state index contributed by atoms with van der Waals surface area (Å²) in [5.41, 5.74) is 2.70. The standard InChI is InChI=1S/C11H16N6O3/c12-16-11(20)8(5-6-3-4-13-17-6)15-10(19)7-1-2-9(18)14-7/h3-4,7-8H,1-2,5,12H2,(H,13,17)(H,14,18)(H,15,19)(H,16,20). The van der Waals surface area contributed by atoms with Crippen molar-refractivity contribution in [1.29, 1.82) is 0 Å². The maximum Gasteiger partial charge on any atom is 0.256 e. The van der Waals surface area contributed by atoms with Crippen LogP contribution >= 0.6 is 0 Å². The maximum atomic E-state index is 12.0. The van der Waals surface area contributed by atoms with Crippen LogP contribution in [0.1, 0.15) is 18.5 Å². The lowest BCUT2D eigenvalue weighted by Crippen LogP contribution is -2.53. The molecule has 6 N–H and O–H groups in total. The highest BCUT2D eigenvalue weighted by molar-refractivity contribution is 5.93. The minimum atomic E-state index is -0.828. The van der Waals surface area contributed by atoms with Gasteiger partial charge >= 0.3 is 0 Å². The molecule has 0 saturated carbocycles. The molecule has 3 amide bonds. The van der Waals surface area contributed by atoms with Crippen LogP contribution in [0, 0.1) is 0 Å². The molecule has 0 aliphatic carbocycles. The largest absolute Gasteiger partial charge is 0.344 e. The summed E-state index contributed by atoms with van der Waals surface area (Å²) in [5, 5.41) is 11.6. The molecular weight excluding hydrogens is 264 g/mol. The Kier molecular flexibility index (Phi) is 4.31. The number of aromatic nitrogens is 2. The average molecular weight is 280 g/mol. The van der Waals surface area contributed by atoms with Gasteiger partial charge in [0, 0.05) is 24.7 Å². The minimum Gasteiger partial charge on any atom is -0.344 e. The van der Waals surface area contributed by atoms with Gasteiger partial charge in [-0.2, -0.15) is 5.10 Å². The summed E-state index contributed by atoms with van der Waals surface area (Å²) in [7, 11) is 0. The Morgan fingerprint density at radius 1 is 1.55 bits per heavy atom. The molecule has 0 spiro atoms. The highest BCUT2D eigenvalue weighted by Crippen LogP contribution is 2.07. The van der Waals surface area contributed by atoms with E-state index >= 15 is 0 Å². The Labute approximate surface area is 114 Å². The van der Waals surface area contributed by atoms with E-state index in [0.717, 1.165) is 0 Å². The van der Waals surface area contributed by atoms with E-state index < -0.39 is 23.9 Å². The zero-order valence-corrected chi connectivity index (χ0v) is 10.7. The van der Waals surface area contributed by atoms with Gasteiger partial charge in [0.1, 0.15) is 12.1 Å². The molecule has 9 heteroatoms. The normalized spacial score (nSPS) is 19.2. The number of carbonyl (C=O) groups is 3. The zero-order valence-electron chi connectivity index (χ0n) is 10.7. The fraction of sp³-hybridized carbons (Fsp3) is 0.455. The molecule has 0 radical (unpaired) electrons. The molecule has 9 nitrogen and oxygen atoms in total. The second kappa shape index (κ2) is 6.15. The van der Waals surface area contributed by atoms with Gasteiger partial charge in [0.2, 0.25) is 11.8 Å². The van der Waals surface area contributed by atoms with E-state index in [2.05, 4.69) is 20.8 Å². The van der Waals surface area contributed by atoms with Gasteiger partial charge in [0.05, 0.1) is 0 Å². The smallest absolute Gasteiger partial charge is 0.256 e. The number of H-pyrrole nitrogens is 1. The average Bonchev–Trinajstić information content (AvgIpc) is 3.08. The molecule has 1 aromatic heterocycles. The highest BCUT2D eigenvalue weighted by Gasteiger charge is 2.30. The summed E-state index contributed by atoms with van der Waals surface area (Å²) in [5.74, 6) is 4.02. The van der Waals surface area contributed by atoms with Crippen LogP contribution < -0.4 is 21.9 Å². The minimum absolute atomic E-state index is 0.168. The molecular formula is C11H16N6O3. The van der Waals surface area contributed by atoms with Gasteiger partial charge in [-0.15, -0.1) is 0 Å². The van der Waals surface area contributed by atoms with Crippen molar-refractivity contribution in [1.82, 2.24) is 26.3 Å². The number of hydrazine groups is 1. The maximum absolute atomic E-state index is 12.0. The van der Waals surface area contributed by atoms with Crippen molar-refractivity contribution in [3.63, 3.8) is 0 Å². The molecule has 2 unspecified atom stereocenters. The predicted molar refractivity (Wildman–Crippen MR) is 67.7 cm³/mol. The van der Waals surface area contributed by atoms with Gasteiger partial charge in [-0.25, -0.2) is 5.84 Å². The summed E-state index contributed by atoms with van der Waals surface area (Å²) in [6, 6.07) is 0.267. The van der Waals surface area contributed by atoms with E-state index in [1.54, 1.807) is 12.3 Å². The van der Waals surface area contributed by atoms with Gasteiger partial charge in [0.15, 0.2) is 0 Å². The molecule has 2 atom stereocenters. The number of aromatic amines is 1. The lowest BCUT2D eigenvalue weighted by atomic mass is 10.1. The highest BCUT2D eigenvalue weighted by atomic mass is 16.2. The van der Waals surface area contributed by atoms with E-state index in [1.165, 1.54) is 0 Å². The van der Waals surface area contributed by atoms with Crippen molar-refractivity contribution in [3.05, 3.63) is 18.0 Å². The third-order valence-corrected chi connectivity index (χ3v) is 3.07. The van der Waals surface area contributed by atoms with E-state index in [-0.39, 0.29) is 12.3 Å². The first-order chi connectivity index (χ1) is 9.60. The SMILES string of the molecule is NNC(=O)C(Cc1ccn[nH]1)NC(=O)C1CCC(=O)N1. The molecule has 108 valence electrons. The van der Waals surface area contributed by atoms with Crippen molar-refractivity contribution in [2.75, 3.05) is 0 Å². The Morgan fingerprint density at radius 3 is 2.90 bits per heavy atom. The predicted octanol–water partition coefficient (Wildman–Crippen LogP) is -2.29. The molecule has 2 heterocycles. The number of nitrogens with two attached hydrogens (primary N) is 1. The topological polar surface area (TPSA) is 142 Å². The fourth-order valence-electron chi connectivity index (χ4n) is 2.01. The van der Waals surface area contributed by atoms with Crippen molar-refractivity contribution < 1.29 is 14.4 Å². The first kappa shape index (κ1) is 14.0. The fourth-order valence-corrected chi connectivity index (χ4v) is 2.01. The number of nitrogens with zero attached hydrogens (tertiary/aromatic N) is 1. The van der Waals surface area contributed by atoms with E-state index in [4.69, 9.17) is 5.84 Å². The Balaban J connectivity index is 1.98. The van der Waals surface area contributed by atoms with E-state index in [0.29, 0.717) is 18.5 Å². The molecule has 1 aliphatic rings. The third-order valence-electron chi connectivity index (χ3n) is 3.07. The molecule has 20 heavy (non-hydrogen) atoms. The third kappa shape index (κ3) is 3.32. The molecule has 2 rings (SSSR count). The zero-order chi connectivity index (χ0) is 14.5. The van der Waals surface area contributed by atoms with Crippen molar-refractivity contribution >= 4 is 17.7 Å². The van der Waals surface area contributed by atoms with Crippen molar-refractivity contribution in [3.8, 4) is 0 Å². The summed E-state index contributed by atoms with van der Waals surface area (Å²) in [6.07, 6.45) is 2.51. The first-order valence-corrected chi connectivity index (χ1v) is 6.18. The Bertz CT molecular complexity index is 500. The van der Waals surface area contributed by atoms with Crippen LogP contribution in [-0.4, -0.2) is 40.0 Å². The molecule has 0 aromatic carbocycles.